The fraction of sp³-hybridized carbons (Fsp3) is 0.333. The molecule has 0 aliphatic heterocycles. The molecule has 0 aliphatic rings. The molecule has 1 aromatic heterocycles. The van der Waals surface area contributed by atoms with Gasteiger partial charge >= 0.3 is 6.01 Å². The minimum absolute atomic E-state index is 0.322. The monoisotopic (exact) mass is 423 g/mol. The number of aliphatic hydroxyl groups is 1. The molecule has 2 atom stereocenters. The minimum Gasteiger partial charge on any atom is -0.490 e. The van der Waals surface area contributed by atoms with Crippen molar-refractivity contribution in [2.45, 2.75) is 38.0 Å². The Morgan fingerprint density at radius 2 is 1.48 bits per heavy atom. The van der Waals surface area contributed by atoms with Crippen LogP contribution >= 0.6 is 0 Å². The number of hydrogen-bond donors (Lipinski definition) is 2. The van der Waals surface area contributed by atoms with Crippen molar-refractivity contribution in [1.29, 1.82) is 0 Å². The summed E-state index contributed by atoms with van der Waals surface area (Å²) < 4.78 is 16.7. The summed E-state index contributed by atoms with van der Waals surface area (Å²) >= 11 is 0. The smallest absolute Gasteiger partial charge is 0.316 e. The Bertz CT molecular complexity index is 863. The van der Waals surface area contributed by atoms with E-state index in [-0.39, 0.29) is 0 Å². The molecule has 2 aromatic carbocycles. The van der Waals surface area contributed by atoms with E-state index >= 15 is 0 Å². The maximum atomic E-state index is 10.3. The highest BCUT2D eigenvalue weighted by molar-refractivity contribution is 5.31. The molecular formula is C24H29N3O4. The first-order valence-corrected chi connectivity index (χ1v) is 10.5. The van der Waals surface area contributed by atoms with Gasteiger partial charge in [0.05, 0.1) is 0 Å². The first kappa shape index (κ1) is 22.5. The molecule has 31 heavy (non-hydrogen) atoms. The van der Waals surface area contributed by atoms with E-state index in [2.05, 4.69) is 22.1 Å². The van der Waals surface area contributed by atoms with E-state index in [1.165, 1.54) is 5.56 Å². The Morgan fingerprint density at radius 1 is 0.806 bits per heavy atom. The third kappa shape index (κ3) is 8.24. The Balaban J connectivity index is 1.31. The number of rotatable bonds is 13. The fourth-order valence-electron chi connectivity index (χ4n) is 2.99. The van der Waals surface area contributed by atoms with Crippen molar-refractivity contribution >= 4 is 0 Å². The van der Waals surface area contributed by atoms with Crippen molar-refractivity contribution in [2.75, 3.05) is 13.2 Å². The largest absolute Gasteiger partial charge is 0.490 e. The minimum atomic E-state index is -0.775. The number of aromatic nitrogens is 2. The first-order valence-electron chi connectivity index (χ1n) is 10.5. The van der Waals surface area contributed by atoms with Gasteiger partial charge in [0.15, 0.2) is 6.23 Å². The first-order chi connectivity index (χ1) is 15.2. The van der Waals surface area contributed by atoms with E-state index in [0.717, 1.165) is 19.3 Å². The van der Waals surface area contributed by atoms with Crippen LogP contribution in [-0.2, 0) is 6.42 Å². The van der Waals surface area contributed by atoms with E-state index in [1.807, 2.05) is 18.2 Å². The second-order valence-electron chi connectivity index (χ2n) is 7.08. The zero-order valence-electron chi connectivity index (χ0n) is 17.5. The van der Waals surface area contributed by atoms with Crippen molar-refractivity contribution in [3.05, 3.63) is 78.6 Å². The second kappa shape index (κ2) is 12.5. The molecule has 0 saturated heterocycles. The van der Waals surface area contributed by atoms with Gasteiger partial charge in [-0.3, -0.25) is 5.73 Å². The summed E-state index contributed by atoms with van der Waals surface area (Å²) in [7, 11) is 0. The van der Waals surface area contributed by atoms with Crippen LogP contribution in [0.25, 0.3) is 0 Å². The molecule has 0 radical (unpaired) electrons. The van der Waals surface area contributed by atoms with Gasteiger partial charge in [-0.25, -0.2) is 9.97 Å². The molecule has 0 aliphatic carbocycles. The predicted octanol–water partition coefficient (Wildman–Crippen LogP) is 3.37. The maximum absolute atomic E-state index is 10.3. The maximum Gasteiger partial charge on any atom is 0.316 e. The summed E-state index contributed by atoms with van der Waals surface area (Å²) in [6, 6.07) is 19.5. The molecule has 164 valence electrons. The van der Waals surface area contributed by atoms with Gasteiger partial charge in [0.25, 0.3) is 0 Å². The lowest BCUT2D eigenvalue weighted by Gasteiger charge is -2.20. The highest BCUT2D eigenvalue weighted by Crippen LogP contribution is 2.19. The highest BCUT2D eigenvalue weighted by Gasteiger charge is 2.16. The van der Waals surface area contributed by atoms with Gasteiger partial charge in [-0.1, -0.05) is 36.8 Å². The quantitative estimate of drug-likeness (QED) is 0.321. The summed E-state index contributed by atoms with van der Waals surface area (Å²) in [5, 5.41) is 10.3. The summed E-state index contributed by atoms with van der Waals surface area (Å²) in [5.41, 5.74) is 7.31. The third-order valence-corrected chi connectivity index (χ3v) is 4.66. The van der Waals surface area contributed by atoms with Crippen LogP contribution in [0.15, 0.2) is 73.1 Å². The number of ether oxygens (including phenoxy) is 3. The lowest BCUT2D eigenvalue weighted by molar-refractivity contribution is 0.0331. The number of aryl methyl sites for hydroxylation is 1. The van der Waals surface area contributed by atoms with E-state index in [9.17, 15) is 5.11 Å². The Morgan fingerprint density at radius 3 is 2.23 bits per heavy atom. The number of unbranched alkanes of at least 4 members (excludes halogenated alkanes) is 1. The lowest BCUT2D eigenvalue weighted by atomic mass is 10.0. The average molecular weight is 424 g/mol. The molecule has 0 saturated carbocycles. The molecule has 3 N–H and O–H groups in total. The van der Waals surface area contributed by atoms with Crippen molar-refractivity contribution in [2.24, 2.45) is 5.73 Å². The summed E-state index contributed by atoms with van der Waals surface area (Å²) in [4.78, 5) is 7.95. The average Bonchev–Trinajstić information content (AvgIpc) is 2.82. The van der Waals surface area contributed by atoms with Crippen molar-refractivity contribution in [3.63, 3.8) is 0 Å². The highest BCUT2D eigenvalue weighted by atomic mass is 16.5. The Hall–Kier alpha value is -3.16. The van der Waals surface area contributed by atoms with Gasteiger partial charge in [0.1, 0.15) is 30.8 Å². The molecule has 0 bridgehead atoms. The molecule has 3 rings (SSSR count). The molecule has 1 heterocycles. The summed E-state index contributed by atoms with van der Waals surface area (Å²) in [6.45, 7) is 0.698. The molecule has 7 nitrogen and oxygen atoms in total. The molecule has 3 aromatic rings. The van der Waals surface area contributed by atoms with Crippen molar-refractivity contribution < 1.29 is 19.3 Å². The predicted molar refractivity (Wildman–Crippen MR) is 118 cm³/mol. The number of hydrogen-bond acceptors (Lipinski definition) is 7. The van der Waals surface area contributed by atoms with Crippen LogP contribution in [0.3, 0.4) is 0 Å². The van der Waals surface area contributed by atoms with Crippen LogP contribution in [0.1, 0.15) is 24.8 Å². The topological polar surface area (TPSA) is 99.7 Å². The number of aliphatic hydroxyl groups excluding tert-OH is 1. The number of benzene rings is 2. The molecule has 7 heteroatoms. The molecule has 2 unspecified atom stereocenters. The van der Waals surface area contributed by atoms with Crippen LogP contribution < -0.4 is 19.9 Å². The van der Waals surface area contributed by atoms with Gasteiger partial charge in [-0.05, 0) is 55.2 Å². The standard InChI is InChI=1S/C24H29N3O4/c25-23(22(28)10-5-4-9-19-7-2-1-3-8-19)31-21-13-11-20(12-14-21)29-17-18-30-24-26-15-6-16-27-24/h1-3,6-8,11-16,22-23,28H,4-5,9-10,17-18,25H2. The van der Waals surface area contributed by atoms with Crippen LogP contribution in [0.2, 0.25) is 0 Å². The van der Waals surface area contributed by atoms with Crippen molar-refractivity contribution in [3.8, 4) is 17.5 Å². The normalized spacial score (nSPS) is 12.7. The van der Waals surface area contributed by atoms with Gasteiger partial charge in [0, 0.05) is 12.4 Å². The van der Waals surface area contributed by atoms with Crippen LogP contribution in [0, 0.1) is 0 Å². The molecular weight excluding hydrogens is 394 g/mol. The van der Waals surface area contributed by atoms with Gasteiger partial charge in [-0.2, -0.15) is 0 Å². The van der Waals surface area contributed by atoms with Crippen LogP contribution in [0.4, 0.5) is 0 Å². The van der Waals surface area contributed by atoms with Crippen LogP contribution in [-0.4, -0.2) is 40.6 Å². The zero-order chi connectivity index (χ0) is 21.7. The van der Waals surface area contributed by atoms with E-state index in [4.69, 9.17) is 19.9 Å². The molecule has 0 amide bonds. The third-order valence-electron chi connectivity index (χ3n) is 4.66. The molecule has 0 spiro atoms. The van der Waals surface area contributed by atoms with Gasteiger partial charge in [-0.15, -0.1) is 0 Å². The lowest BCUT2D eigenvalue weighted by Crippen LogP contribution is -2.39. The number of nitrogens with two attached hydrogens (primary N) is 1. The second-order valence-corrected chi connectivity index (χ2v) is 7.08. The van der Waals surface area contributed by atoms with Crippen molar-refractivity contribution in [1.82, 2.24) is 9.97 Å². The van der Waals surface area contributed by atoms with Gasteiger partial charge < -0.3 is 19.3 Å². The Labute approximate surface area is 182 Å². The van der Waals surface area contributed by atoms with Crippen LogP contribution in [0.5, 0.6) is 17.5 Å². The van der Waals surface area contributed by atoms with E-state index in [0.29, 0.717) is 37.1 Å². The Kier molecular flexibility index (Phi) is 9.09. The van der Waals surface area contributed by atoms with E-state index < -0.39 is 12.3 Å². The summed E-state index contributed by atoms with van der Waals surface area (Å²) in [6.07, 6.45) is 5.22. The SMILES string of the molecule is NC(Oc1ccc(OCCOc2ncccn2)cc1)C(O)CCCCc1ccccc1. The van der Waals surface area contributed by atoms with E-state index in [1.54, 1.807) is 42.7 Å². The zero-order valence-corrected chi connectivity index (χ0v) is 17.5. The number of nitrogens with zero attached hydrogens (tertiary/aromatic N) is 2. The fourth-order valence-corrected chi connectivity index (χ4v) is 2.99. The summed E-state index contributed by atoms with van der Waals surface area (Å²) in [5.74, 6) is 1.26. The van der Waals surface area contributed by atoms with Gasteiger partial charge in [0.2, 0.25) is 0 Å². The molecule has 0 fully saturated rings.